The van der Waals surface area contributed by atoms with Crippen LogP contribution in [0.4, 0.5) is 10.5 Å². The van der Waals surface area contributed by atoms with Gasteiger partial charge < -0.3 is 10.6 Å². The van der Waals surface area contributed by atoms with Crippen molar-refractivity contribution >= 4 is 11.7 Å². The standard InChI is InChI=1S/C18H23N3O/c1-3-4-6-15-8-10-17(11-9-15)21-18(22)20-14(2)16-7-5-12-19-13-16/h5,7-14H,3-4,6H2,1-2H3,(H2,20,21,22)/t14-/m0/s1. The smallest absolute Gasteiger partial charge is 0.319 e. The number of unbranched alkanes of at least 4 members (excludes halogenated alkanes) is 1. The molecule has 0 bridgehead atoms. The average molecular weight is 297 g/mol. The molecule has 1 heterocycles. The monoisotopic (exact) mass is 297 g/mol. The fourth-order valence-corrected chi connectivity index (χ4v) is 2.21. The van der Waals surface area contributed by atoms with Crippen LogP contribution in [0, 0.1) is 0 Å². The van der Waals surface area contributed by atoms with Crippen molar-refractivity contribution in [2.45, 2.75) is 39.2 Å². The van der Waals surface area contributed by atoms with E-state index in [4.69, 9.17) is 0 Å². The molecule has 0 fully saturated rings. The summed E-state index contributed by atoms with van der Waals surface area (Å²) >= 11 is 0. The first-order valence-electron chi connectivity index (χ1n) is 7.75. The number of rotatable bonds is 6. The number of pyridine rings is 1. The molecule has 0 radical (unpaired) electrons. The molecule has 0 saturated heterocycles. The number of nitrogens with one attached hydrogen (secondary N) is 2. The molecule has 0 aliphatic carbocycles. The summed E-state index contributed by atoms with van der Waals surface area (Å²) in [5, 5.41) is 5.76. The lowest BCUT2D eigenvalue weighted by molar-refractivity contribution is 0.249. The van der Waals surface area contributed by atoms with E-state index in [0.717, 1.165) is 17.7 Å². The summed E-state index contributed by atoms with van der Waals surface area (Å²) in [4.78, 5) is 16.1. The molecule has 116 valence electrons. The van der Waals surface area contributed by atoms with Crippen molar-refractivity contribution in [2.75, 3.05) is 5.32 Å². The van der Waals surface area contributed by atoms with Crippen LogP contribution >= 0.6 is 0 Å². The lowest BCUT2D eigenvalue weighted by Gasteiger charge is -2.14. The number of carbonyl (C=O) groups excluding carboxylic acids is 1. The maximum absolute atomic E-state index is 12.0. The van der Waals surface area contributed by atoms with Gasteiger partial charge in [0.2, 0.25) is 0 Å². The third-order valence-electron chi connectivity index (χ3n) is 3.56. The van der Waals surface area contributed by atoms with Crippen molar-refractivity contribution in [3.63, 3.8) is 0 Å². The first kappa shape index (κ1) is 16.0. The summed E-state index contributed by atoms with van der Waals surface area (Å²) < 4.78 is 0. The first-order chi connectivity index (χ1) is 10.7. The highest BCUT2D eigenvalue weighted by atomic mass is 16.2. The number of urea groups is 1. The van der Waals surface area contributed by atoms with Crippen LogP contribution in [0.1, 0.15) is 43.9 Å². The quantitative estimate of drug-likeness (QED) is 0.835. The molecule has 0 aliphatic rings. The molecule has 22 heavy (non-hydrogen) atoms. The minimum Gasteiger partial charge on any atom is -0.331 e. The van der Waals surface area contributed by atoms with E-state index in [2.05, 4.69) is 34.7 Å². The maximum atomic E-state index is 12.0. The molecule has 4 nitrogen and oxygen atoms in total. The molecular formula is C18H23N3O. The zero-order valence-electron chi connectivity index (χ0n) is 13.2. The van der Waals surface area contributed by atoms with Crippen LogP contribution in [-0.4, -0.2) is 11.0 Å². The zero-order valence-corrected chi connectivity index (χ0v) is 13.2. The van der Waals surface area contributed by atoms with Crippen molar-refractivity contribution in [3.8, 4) is 0 Å². The Kier molecular flexibility index (Phi) is 5.95. The van der Waals surface area contributed by atoms with Gasteiger partial charge >= 0.3 is 6.03 Å². The van der Waals surface area contributed by atoms with Crippen LogP contribution < -0.4 is 10.6 Å². The Labute approximate surface area is 132 Å². The summed E-state index contributed by atoms with van der Waals surface area (Å²) in [6, 6.07) is 11.5. The lowest BCUT2D eigenvalue weighted by Crippen LogP contribution is -2.31. The molecule has 2 N–H and O–H groups in total. The average Bonchev–Trinajstić information content (AvgIpc) is 2.55. The van der Waals surface area contributed by atoms with Crippen LogP contribution in [0.3, 0.4) is 0 Å². The molecule has 1 aromatic heterocycles. The SMILES string of the molecule is CCCCc1ccc(NC(=O)N[C@@H](C)c2cccnc2)cc1. The van der Waals surface area contributed by atoms with Gasteiger partial charge in [-0.3, -0.25) is 4.98 Å². The van der Waals surface area contributed by atoms with E-state index in [1.165, 1.54) is 18.4 Å². The second-order valence-electron chi connectivity index (χ2n) is 5.41. The largest absolute Gasteiger partial charge is 0.331 e. The van der Waals surface area contributed by atoms with Gasteiger partial charge in [0.25, 0.3) is 0 Å². The molecule has 2 aromatic rings. The van der Waals surface area contributed by atoms with Crippen molar-refractivity contribution < 1.29 is 4.79 Å². The van der Waals surface area contributed by atoms with Gasteiger partial charge in [0.15, 0.2) is 0 Å². The van der Waals surface area contributed by atoms with Crippen LogP contribution in [0.25, 0.3) is 0 Å². The van der Waals surface area contributed by atoms with Gasteiger partial charge in [0, 0.05) is 18.1 Å². The normalized spacial score (nSPS) is 11.7. The molecule has 4 heteroatoms. The second-order valence-corrected chi connectivity index (χ2v) is 5.41. The summed E-state index contributed by atoms with van der Waals surface area (Å²) in [7, 11) is 0. The molecule has 0 spiro atoms. The molecular weight excluding hydrogens is 274 g/mol. The summed E-state index contributed by atoms with van der Waals surface area (Å²) in [6.07, 6.45) is 6.94. The second kappa shape index (κ2) is 8.17. The molecule has 1 atom stereocenters. The highest BCUT2D eigenvalue weighted by Gasteiger charge is 2.09. The number of hydrogen-bond acceptors (Lipinski definition) is 2. The van der Waals surface area contributed by atoms with Crippen molar-refractivity contribution in [1.82, 2.24) is 10.3 Å². The van der Waals surface area contributed by atoms with Gasteiger partial charge in [-0.25, -0.2) is 4.79 Å². The van der Waals surface area contributed by atoms with Crippen molar-refractivity contribution in [3.05, 3.63) is 59.9 Å². The van der Waals surface area contributed by atoms with Crippen LogP contribution in [0.2, 0.25) is 0 Å². The van der Waals surface area contributed by atoms with E-state index >= 15 is 0 Å². The molecule has 1 aromatic carbocycles. The number of aromatic nitrogens is 1. The Hall–Kier alpha value is -2.36. The van der Waals surface area contributed by atoms with E-state index in [1.54, 1.807) is 12.4 Å². The topological polar surface area (TPSA) is 54.0 Å². The molecule has 0 saturated carbocycles. The van der Waals surface area contributed by atoms with Gasteiger partial charge in [0.1, 0.15) is 0 Å². The summed E-state index contributed by atoms with van der Waals surface area (Å²) in [5.74, 6) is 0. The number of nitrogens with zero attached hydrogens (tertiary/aromatic N) is 1. The number of anilines is 1. The lowest BCUT2D eigenvalue weighted by atomic mass is 10.1. The van der Waals surface area contributed by atoms with Crippen molar-refractivity contribution in [2.24, 2.45) is 0 Å². The predicted octanol–water partition coefficient (Wildman–Crippen LogP) is 4.31. The Morgan fingerprint density at radius 3 is 2.64 bits per heavy atom. The first-order valence-corrected chi connectivity index (χ1v) is 7.75. The highest BCUT2D eigenvalue weighted by molar-refractivity contribution is 5.89. The Morgan fingerprint density at radius 2 is 2.00 bits per heavy atom. The van der Waals surface area contributed by atoms with Gasteiger partial charge in [-0.15, -0.1) is 0 Å². The zero-order chi connectivity index (χ0) is 15.8. The van der Waals surface area contributed by atoms with E-state index in [9.17, 15) is 4.79 Å². The van der Waals surface area contributed by atoms with Crippen molar-refractivity contribution in [1.29, 1.82) is 0 Å². The third-order valence-corrected chi connectivity index (χ3v) is 3.56. The Balaban J connectivity index is 1.86. The van der Waals surface area contributed by atoms with E-state index in [0.29, 0.717) is 0 Å². The number of amides is 2. The third kappa shape index (κ3) is 4.88. The van der Waals surface area contributed by atoms with Gasteiger partial charge in [-0.05, 0) is 49.1 Å². The number of aryl methyl sites for hydroxylation is 1. The van der Waals surface area contributed by atoms with E-state index in [1.807, 2.05) is 31.2 Å². The van der Waals surface area contributed by atoms with E-state index < -0.39 is 0 Å². The highest BCUT2D eigenvalue weighted by Crippen LogP contribution is 2.13. The Morgan fingerprint density at radius 1 is 1.23 bits per heavy atom. The van der Waals surface area contributed by atoms with Crippen LogP contribution in [0.15, 0.2) is 48.8 Å². The summed E-state index contributed by atoms with van der Waals surface area (Å²) in [5.41, 5.74) is 3.08. The Bertz CT molecular complexity index is 581. The minimum atomic E-state index is -0.210. The maximum Gasteiger partial charge on any atom is 0.319 e. The van der Waals surface area contributed by atoms with Gasteiger partial charge in [-0.1, -0.05) is 31.5 Å². The summed E-state index contributed by atoms with van der Waals surface area (Å²) in [6.45, 7) is 4.12. The minimum absolute atomic E-state index is 0.0856. The number of carbonyl (C=O) groups is 1. The number of hydrogen-bond donors (Lipinski definition) is 2. The van der Waals surface area contributed by atoms with Gasteiger partial charge in [-0.2, -0.15) is 0 Å². The van der Waals surface area contributed by atoms with E-state index in [-0.39, 0.29) is 12.1 Å². The fourth-order valence-electron chi connectivity index (χ4n) is 2.21. The predicted molar refractivity (Wildman–Crippen MR) is 89.9 cm³/mol. The van der Waals surface area contributed by atoms with Crippen LogP contribution in [0.5, 0.6) is 0 Å². The fraction of sp³-hybridized carbons (Fsp3) is 0.333. The van der Waals surface area contributed by atoms with Gasteiger partial charge in [0.05, 0.1) is 6.04 Å². The molecule has 0 aliphatic heterocycles. The molecule has 2 amide bonds. The van der Waals surface area contributed by atoms with Crippen LogP contribution in [-0.2, 0) is 6.42 Å². The molecule has 0 unspecified atom stereocenters. The number of benzene rings is 1. The molecule has 2 rings (SSSR count).